The van der Waals surface area contributed by atoms with E-state index in [1.807, 2.05) is 80.6 Å². The molecule has 0 fully saturated rings. The van der Waals surface area contributed by atoms with Crippen LogP contribution in [0.2, 0.25) is 0 Å². The summed E-state index contributed by atoms with van der Waals surface area (Å²) in [4.78, 5) is 40.9. The van der Waals surface area contributed by atoms with Crippen molar-refractivity contribution in [3.05, 3.63) is 94.6 Å². The third-order valence-corrected chi connectivity index (χ3v) is 7.48. The maximum absolute atomic E-state index is 14.1. The van der Waals surface area contributed by atoms with E-state index in [4.69, 9.17) is 14.2 Å². The first-order valence-electron chi connectivity index (χ1n) is 14.6. The lowest BCUT2D eigenvalue weighted by Crippen LogP contribution is -2.32. The number of anilines is 3. The normalized spacial score (nSPS) is 12.5. The summed E-state index contributed by atoms with van der Waals surface area (Å²) < 4.78 is 16.6. The van der Waals surface area contributed by atoms with Crippen LogP contribution in [-0.4, -0.2) is 31.7 Å². The molecule has 43 heavy (non-hydrogen) atoms. The fourth-order valence-corrected chi connectivity index (χ4v) is 5.05. The monoisotopic (exact) mass is 584 g/mol. The first-order chi connectivity index (χ1) is 20.7. The minimum atomic E-state index is -0.492. The van der Waals surface area contributed by atoms with Crippen LogP contribution in [-0.2, 0) is 27.3 Å². The van der Waals surface area contributed by atoms with Gasteiger partial charge in [0.2, 0.25) is 0 Å². The molecule has 4 rings (SSSR count). The van der Waals surface area contributed by atoms with Crippen molar-refractivity contribution in [1.29, 1.82) is 0 Å². The number of para-hydroxylation sites is 2. The summed E-state index contributed by atoms with van der Waals surface area (Å²) in [5.41, 5.74) is 5.16. The van der Waals surface area contributed by atoms with E-state index in [0.29, 0.717) is 64.9 Å². The number of nitrogens with zero attached hydrogens (tertiary/aromatic N) is 1. The van der Waals surface area contributed by atoms with Crippen molar-refractivity contribution in [2.75, 3.05) is 23.9 Å². The number of carbonyl (C=O) groups excluding carboxylic acids is 3. The highest BCUT2D eigenvalue weighted by Crippen LogP contribution is 2.42. The van der Waals surface area contributed by atoms with E-state index < -0.39 is 12.0 Å². The van der Waals surface area contributed by atoms with Gasteiger partial charge in [0.05, 0.1) is 36.3 Å². The van der Waals surface area contributed by atoms with Gasteiger partial charge in [-0.15, -0.1) is 0 Å². The number of hydrogen-bond donors (Lipinski definition) is 1. The maximum atomic E-state index is 14.1. The number of hydrogen-bond acceptors (Lipinski definition) is 6. The van der Waals surface area contributed by atoms with Crippen molar-refractivity contribution >= 4 is 35.0 Å². The number of cyclic esters (lactones) is 1. The highest BCUT2D eigenvalue weighted by atomic mass is 16.5. The molecule has 0 saturated carbocycles. The molecule has 0 aliphatic carbocycles. The Kier molecular flexibility index (Phi) is 10.6. The molecule has 1 aliphatic rings. The molecule has 1 heterocycles. The lowest BCUT2D eigenvalue weighted by Gasteiger charge is -2.26. The van der Waals surface area contributed by atoms with E-state index >= 15 is 0 Å². The van der Waals surface area contributed by atoms with Gasteiger partial charge in [0.15, 0.2) is 0 Å². The van der Waals surface area contributed by atoms with Crippen LogP contribution >= 0.6 is 0 Å². The number of rotatable bonds is 12. The van der Waals surface area contributed by atoms with Crippen LogP contribution in [0.4, 0.5) is 21.9 Å². The zero-order chi connectivity index (χ0) is 30.9. The van der Waals surface area contributed by atoms with E-state index in [2.05, 4.69) is 19.2 Å². The number of fused-ring (bicyclic) bond motifs is 1. The number of carbonyl (C=O) groups is 3. The summed E-state index contributed by atoms with van der Waals surface area (Å²) in [5, 5.41) is 3.05. The SMILES string of the molecule is COc1c(C)c2c(c(NC(=O)N(c3ccccc3)c3ccccc3)c1CC=C(C)CCC(=O)OCCC(C)C)C(=O)OC2. The van der Waals surface area contributed by atoms with E-state index in [1.165, 1.54) is 0 Å². The van der Waals surface area contributed by atoms with Gasteiger partial charge in [0, 0.05) is 17.5 Å². The Labute approximate surface area is 253 Å². The van der Waals surface area contributed by atoms with Crippen LogP contribution in [0.25, 0.3) is 0 Å². The second-order valence-corrected chi connectivity index (χ2v) is 11.0. The smallest absolute Gasteiger partial charge is 0.341 e. The van der Waals surface area contributed by atoms with Crippen molar-refractivity contribution in [2.24, 2.45) is 5.92 Å². The average molecular weight is 585 g/mol. The van der Waals surface area contributed by atoms with Gasteiger partial charge in [-0.05, 0) is 68.9 Å². The zero-order valence-electron chi connectivity index (χ0n) is 25.6. The van der Waals surface area contributed by atoms with Crippen LogP contribution in [0.15, 0.2) is 72.3 Å². The first-order valence-corrected chi connectivity index (χ1v) is 14.6. The fourth-order valence-electron chi connectivity index (χ4n) is 5.05. The second kappa shape index (κ2) is 14.5. The molecule has 0 bridgehead atoms. The highest BCUT2D eigenvalue weighted by molar-refractivity contribution is 6.11. The number of urea groups is 1. The summed E-state index contributed by atoms with van der Waals surface area (Å²) in [6.45, 7) is 8.55. The third kappa shape index (κ3) is 7.63. The Morgan fingerprint density at radius 1 is 1.02 bits per heavy atom. The van der Waals surface area contributed by atoms with Gasteiger partial charge in [0.1, 0.15) is 12.4 Å². The van der Waals surface area contributed by atoms with E-state index in [1.54, 1.807) is 12.0 Å². The number of esters is 2. The zero-order valence-corrected chi connectivity index (χ0v) is 25.6. The molecule has 2 amide bonds. The number of benzene rings is 3. The summed E-state index contributed by atoms with van der Waals surface area (Å²) in [6, 6.07) is 18.2. The quantitative estimate of drug-likeness (QED) is 0.172. The number of allylic oxidation sites excluding steroid dienone is 2. The molecule has 8 nitrogen and oxygen atoms in total. The fraction of sp³-hybridized carbons (Fsp3) is 0.343. The van der Waals surface area contributed by atoms with Crippen molar-refractivity contribution in [1.82, 2.24) is 0 Å². The number of ether oxygens (including phenoxy) is 3. The second-order valence-electron chi connectivity index (χ2n) is 11.0. The Hall–Kier alpha value is -4.59. The Morgan fingerprint density at radius 3 is 2.23 bits per heavy atom. The number of nitrogens with one attached hydrogen (secondary N) is 1. The molecular weight excluding hydrogens is 544 g/mol. The van der Waals surface area contributed by atoms with Crippen molar-refractivity contribution in [3.63, 3.8) is 0 Å². The average Bonchev–Trinajstić information content (AvgIpc) is 3.39. The van der Waals surface area contributed by atoms with E-state index in [9.17, 15) is 14.4 Å². The molecule has 0 unspecified atom stereocenters. The molecule has 1 aliphatic heterocycles. The number of amides is 2. The van der Waals surface area contributed by atoms with E-state index in [-0.39, 0.29) is 19.0 Å². The Balaban J connectivity index is 1.66. The van der Waals surface area contributed by atoms with Gasteiger partial charge in [-0.3, -0.25) is 9.69 Å². The summed E-state index contributed by atoms with van der Waals surface area (Å²) >= 11 is 0. The Bertz CT molecular complexity index is 1440. The molecule has 1 N–H and O–H groups in total. The van der Waals surface area contributed by atoms with Crippen LogP contribution in [0.1, 0.15) is 67.1 Å². The predicted molar refractivity (Wildman–Crippen MR) is 168 cm³/mol. The maximum Gasteiger partial charge on any atom is 0.341 e. The van der Waals surface area contributed by atoms with Gasteiger partial charge >= 0.3 is 18.0 Å². The molecule has 0 spiro atoms. The van der Waals surface area contributed by atoms with E-state index in [0.717, 1.165) is 17.6 Å². The molecule has 3 aromatic rings. The molecular formula is C35H40N2O6. The molecule has 0 atom stereocenters. The van der Waals surface area contributed by atoms with Crippen LogP contribution in [0.3, 0.4) is 0 Å². The standard InChI is InChI=1S/C35H40N2O6/c1-23(2)20-21-42-30(38)19-17-24(3)16-18-28-32(31-29(22-43-34(31)39)25(4)33(28)41-5)36-35(40)37(26-12-8-6-9-13-26)27-14-10-7-11-15-27/h6-16,23H,17-22H2,1-5H3,(H,36,40). The summed E-state index contributed by atoms with van der Waals surface area (Å²) in [6.07, 6.45) is 4.01. The minimum Gasteiger partial charge on any atom is -0.496 e. The third-order valence-electron chi connectivity index (χ3n) is 7.48. The van der Waals surface area contributed by atoms with Crippen LogP contribution < -0.4 is 15.0 Å². The topological polar surface area (TPSA) is 94.2 Å². The van der Waals surface area contributed by atoms with Crippen molar-refractivity contribution in [2.45, 2.75) is 60.0 Å². The molecule has 0 saturated heterocycles. The van der Waals surface area contributed by atoms with Crippen LogP contribution in [0, 0.1) is 12.8 Å². The molecule has 8 heteroatoms. The first kappa shape index (κ1) is 31.3. The molecule has 3 aromatic carbocycles. The van der Waals surface area contributed by atoms with Gasteiger partial charge in [-0.1, -0.05) is 61.9 Å². The Morgan fingerprint density at radius 2 is 1.65 bits per heavy atom. The van der Waals surface area contributed by atoms with Crippen LogP contribution in [0.5, 0.6) is 5.75 Å². The summed E-state index contributed by atoms with van der Waals surface area (Å²) in [7, 11) is 1.57. The highest BCUT2D eigenvalue weighted by Gasteiger charge is 2.33. The molecule has 0 aromatic heterocycles. The number of methoxy groups -OCH3 is 1. The minimum absolute atomic E-state index is 0.106. The van der Waals surface area contributed by atoms with Crippen molar-refractivity contribution < 1.29 is 28.6 Å². The largest absolute Gasteiger partial charge is 0.496 e. The lowest BCUT2D eigenvalue weighted by molar-refractivity contribution is -0.143. The van der Waals surface area contributed by atoms with Gasteiger partial charge in [-0.25, -0.2) is 9.59 Å². The van der Waals surface area contributed by atoms with Gasteiger partial charge < -0.3 is 19.5 Å². The predicted octanol–water partition coefficient (Wildman–Crippen LogP) is 7.90. The lowest BCUT2D eigenvalue weighted by atomic mass is 9.93. The van der Waals surface area contributed by atoms with Gasteiger partial charge in [-0.2, -0.15) is 0 Å². The van der Waals surface area contributed by atoms with Gasteiger partial charge in [0.25, 0.3) is 0 Å². The summed E-state index contributed by atoms with van der Waals surface area (Å²) in [5.74, 6) is 0.333. The van der Waals surface area contributed by atoms with Crippen molar-refractivity contribution in [3.8, 4) is 5.75 Å². The molecule has 0 radical (unpaired) electrons. The molecule has 226 valence electrons.